The van der Waals surface area contributed by atoms with Gasteiger partial charge in [0.2, 0.25) is 0 Å². The Bertz CT molecular complexity index is 1800. The van der Waals surface area contributed by atoms with Gasteiger partial charge in [-0.3, -0.25) is 0 Å². The van der Waals surface area contributed by atoms with E-state index >= 15 is 0 Å². The second-order valence-electron chi connectivity index (χ2n) is 17.5. The number of halogens is 2. The molecule has 1 saturated heterocycles. The summed E-state index contributed by atoms with van der Waals surface area (Å²) >= 11 is -3.10. The summed E-state index contributed by atoms with van der Waals surface area (Å²) in [5, 5.41) is 0. The van der Waals surface area contributed by atoms with E-state index < -0.39 is 20.3 Å². The van der Waals surface area contributed by atoms with Crippen LogP contribution in [0.5, 0.6) is 0 Å². The summed E-state index contributed by atoms with van der Waals surface area (Å²) in [5.41, 5.74) is 18.8. The minimum atomic E-state index is -3.10. The number of hydrogen-bond donors (Lipinski definition) is 0. The van der Waals surface area contributed by atoms with Crippen LogP contribution in [0.25, 0.3) is 34.4 Å². The van der Waals surface area contributed by atoms with Crippen molar-refractivity contribution in [3.05, 3.63) is 129 Å². The maximum Gasteiger partial charge on any atom is -1.00 e. The van der Waals surface area contributed by atoms with Gasteiger partial charge in [-0.2, -0.15) is 0 Å². The Kier molecular flexibility index (Phi) is 12.9. The minimum absolute atomic E-state index is 0. The second-order valence-corrected chi connectivity index (χ2v) is 28.9. The fraction of sp³-hybridized carbons (Fsp3) is 0.440. The van der Waals surface area contributed by atoms with Crippen molar-refractivity contribution in [3.8, 4) is 22.3 Å². The summed E-state index contributed by atoms with van der Waals surface area (Å²) in [6.07, 6.45) is 18.5. The number of fused-ring (bicyclic) bond motifs is 3. The molecule has 1 saturated carbocycles. The molecule has 0 nitrogen and oxygen atoms in total. The quantitative estimate of drug-likeness (QED) is 0.134. The Morgan fingerprint density at radius 3 is 1.30 bits per heavy atom. The number of aryl methyl sites for hydroxylation is 2. The molecule has 0 radical (unpaired) electrons. The van der Waals surface area contributed by atoms with Crippen molar-refractivity contribution >= 4 is 12.2 Å². The summed E-state index contributed by atoms with van der Waals surface area (Å²) in [5.74, 6) is 1.33. The van der Waals surface area contributed by atoms with E-state index in [0.717, 1.165) is 20.1 Å². The van der Waals surface area contributed by atoms with Crippen LogP contribution in [0.3, 0.4) is 0 Å². The van der Waals surface area contributed by atoms with Gasteiger partial charge < -0.3 is 24.8 Å². The molecule has 1 heterocycles. The summed E-state index contributed by atoms with van der Waals surface area (Å²) in [7, 11) is 0. The molecular weight excluding hydrogens is 763 g/mol. The van der Waals surface area contributed by atoms with Gasteiger partial charge >= 0.3 is 316 Å². The third kappa shape index (κ3) is 7.31. The van der Waals surface area contributed by atoms with Crippen LogP contribution in [0.15, 0.2) is 96.1 Å². The van der Waals surface area contributed by atoms with Gasteiger partial charge in [-0.15, -0.1) is 0 Å². The molecule has 0 N–H and O–H groups in total. The zero-order chi connectivity index (χ0) is 35.3. The Morgan fingerprint density at radius 2 is 0.943 bits per heavy atom. The molecule has 4 aromatic rings. The molecule has 4 aromatic carbocycles. The molecule has 0 spiro atoms. The van der Waals surface area contributed by atoms with Crippen LogP contribution in [0.1, 0.15) is 134 Å². The predicted molar refractivity (Wildman–Crippen MR) is 218 cm³/mol. The molecule has 3 aliphatic carbocycles. The largest absolute Gasteiger partial charge is 1.00 e. The monoisotopic (exact) mass is 820 g/mol. The van der Waals surface area contributed by atoms with Crippen molar-refractivity contribution in [2.75, 3.05) is 0 Å². The third-order valence-electron chi connectivity index (χ3n) is 13.1. The van der Waals surface area contributed by atoms with E-state index in [2.05, 4.69) is 139 Å². The van der Waals surface area contributed by atoms with Gasteiger partial charge in [0.15, 0.2) is 0 Å². The Balaban J connectivity index is 0.00000240. The molecule has 0 aromatic heterocycles. The van der Waals surface area contributed by atoms with Crippen molar-refractivity contribution in [1.29, 1.82) is 0 Å². The van der Waals surface area contributed by atoms with Gasteiger partial charge in [-0.1, -0.05) is 0 Å². The van der Waals surface area contributed by atoms with Crippen molar-refractivity contribution in [3.63, 3.8) is 0 Å². The van der Waals surface area contributed by atoms with Crippen molar-refractivity contribution < 1.29 is 45.1 Å². The van der Waals surface area contributed by atoms with Crippen LogP contribution in [0.4, 0.5) is 0 Å². The van der Waals surface area contributed by atoms with Gasteiger partial charge in [0.25, 0.3) is 0 Å². The summed E-state index contributed by atoms with van der Waals surface area (Å²) in [6, 6.07) is 34.1. The second kappa shape index (κ2) is 16.9. The first-order valence-electron chi connectivity index (χ1n) is 20.7. The zero-order valence-corrected chi connectivity index (χ0v) is 37.0. The van der Waals surface area contributed by atoms with E-state index in [9.17, 15) is 0 Å². The van der Waals surface area contributed by atoms with Crippen molar-refractivity contribution in [2.24, 2.45) is 11.8 Å². The van der Waals surface area contributed by atoms with E-state index in [-0.39, 0.29) is 24.8 Å². The summed E-state index contributed by atoms with van der Waals surface area (Å²) in [4.78, 5) is 0. The fourth-order valence-electron chi connectivity index (χ4n) is 11.4. The molecule has 4 unspecified atom stereocenters. The van der Waals surface area contributed by atoms with E-state index in [0.29, 0.717) is 19.1 Å². The zero-order valence-electron chi connectivity index (χ0n) is 33.0. The average molecular weight is 823 g/mol. The molecule has 0 amide bonds. The topological polar surface area (TPSA) is 0 Å². The molecule has 4 atom stereocenters. The molecule has 278 valence electrons. The first-order chi connectivity index (χ1) is 24.8. The van der Waals surface area contributed by atoms with Crippen LogP contribution in [-0.4, -0.2) is 0 Å². The molecule has 1 aliphatic heterocycles. The van der Waals surface area contributed by atoms with Crippen molar-refractivity contribution in [2.45, 2.75) is 120 Å². The van der Waals surface area contributed by atoms with Gasteiger partial charge in [-0.25, -0.2) is 0 Å². The third-order valence-corrected chi connectivity index (χ3v) is 30.2. The SMILES string of the molecule is CCCc1ccc(-c2cccc3c2C=C(CC(C)C)[CH]3[Zr+2]2([CH]3C(CC(C)C)=Cc4c(-c5ccc(CCC)cc5)cccc43)[CH]3CCCC[CH]32)cc1.[Cl-].[Cl-]. The normalized spacial score (nSPS) is 22.6. The van der Waals surface area contributed by atoms with Crippen LogP contribution >= 0.6 is 0 Å². The molecule has 8 rings (SSSR count). The Morgan fingerprint density at radius 1 is 0.547 bits per heavy atom. The Labute approximate surface area is 338 Å². The summed E-state index contributed by atoms with van der Waals surface area (Å²) < 4.78 is 3.38. The van der Waals surface area contributed by atoms with Crippen LogP contribution < -0.4 is 24.8 Å². The van der Waals surface area contributed by atoms with Gasteiger partial charge in [0.05, 0.1) is 0 Å². The molecule has 53 heavy (non-hydrogen) atoms. The molecule has 2 fully saturated rings. The number of benzene rings is 4. The van der Waals surface area contributed by atoms with Gasteiger partial charge in [0.1, 0.15) is 0 Å². The van der Waals surface area contributed by atoms with Crippen LogP contribution in [0, 0.1) is 11.8 Å². The number of hydrogen-bond acceptors (Lipinski definition) is 0. The Hall–Kier alpha value is -2.18. The molecule has 3 heteroatoms. The molecular formula is C50H60Cl2Zr. The maximum atomic E-state index is 2.74. The first kappa shape index (κ1) is 40.5. The van der Waals surface area contributed by atoms with E-state index in [4.69, 9.17) is 0 Å². The number of rotatable bonds is 12. The fourth-order valence-corrected chi connectivity index (χ4v) is 34.5. The summed E-state index contributed by atoms with van der Waals surface area (Å²) in [6.45, 7) is 14.4. The molecule has 4 aliphatic rings. The first-order valence-corrected chi connectivity index (χ1v) is 26.4. The van der Waals surface area contributed by atoms with E-state index in [1.165, 1.54) is 84.7 Å². The van der Waals surface area contributed by atoms with Crippen LogP contribution in [-0.2, 0) is 33.1 Å². The maximum absolute atomic E-state index is 3.10. The minimum Gasteiger partial charge on any atom is -1.00 e. The molecule has 0 bridgehead atoms. The number of allylic oxidation sites excluding steroid dienone is 2. The van der Waals surface area contributed by atoms with E-state index in [1.807, 2.05) is 0 Å². The predicted octanol–water partition coefficient (Wildman–Crippen LogP) is 8.92. The standard InChI is InChI=1S/2C22H25.C6H10.2ClH.Zr/c2*1-4-6-17-9-11-19(12-10-17)21-8-5-7-20-14-18(13-16(2)3)15-22(20)21;1-2-4-6-5-3-1;;;/h2*5,7-12,14-16H,4,6,13H2,1-3H3;1-2H,3-6H2;2*1H;/q;;;;;+2/p-2. The van der Waals surface area contributed by atoms with Crippen molar-refractivity contribution in [1.82, 2.24) is 0 Å². The van der Waals surface area contributed by atoms with Gasteiger partial charge in [-0.05, 0) is 0 Å². The van der Waals surface area contributed by atoms with Gasteiger partial charge in [0, 0.05) is 0 Å². The van der Waals surface area contributed by atoms with Crippen LogP contribution in [0.2, 0.25) is 7.25 Å². The smallest absolute Gasteiger partial charge is 1.00 e. The average Bonchev–Trinajstić information content (AvgIpc) is 3.40. The van der Waals surface area contributed by atoms with E-state index in [1.54, 1.807) is 33.4 Å².